The second kappa shape index (κ2) is 2.84. The molecular formula is C10H16N2O. The molecule has 2 rings (SSSR count). The number of imidazole rings is 1. The minimum absolute atomic E-state index is 0.331. The number of aryl methyl sites for hydroxylation is 1. The van der Waals surface area contributed by atoms with Gasteiger partial charge >= 0.3 is 0 Å². The summed E-state index contributed by atoms with van der Waals surface area (Å²) in [5.41, 5.74) is 2.73. The summed E-state index contributed by atoms with van der Waals surface area (Å²) in [5, 5.41) is 0. The van der Waals surface area contributed by atoms with Crippen LogP contribution in [0.25, 0.3) is 0 Å². The highest BCUT2D eigenvalue weighted by Crippen LogP contribution is 2.29. The average molecular weight is 180 g/mol. The predicted molar refractivity (Wildman–Crippen MR) is 50.6 cm³/mol. The van der Waals surface area contributed by atoms with Gasteiger partial charge in [0.15, 0.2) is 0 Å². The lowest BCUT2D eigenvalue weighted by atomic mass is 9.88. The fourth-order valence-corrected chi connectivity index (χ4v) is 1.66. The summed E-state index contributed by atoms with van der Waals surface area (Å²) >= 11 is 0. The molecule has 2 heterocycles. The largest absolute Gasteiger partial charge is 0.380 e. The zero-order valence-corrected chi connectivity index (χ0v) is 8.50. The Morgan fingerprint density at radius 2 is 2.23 bits per heavy atom. The van der Waals surface area contributed by atoms with Crippen LogP contribution in [0.3, 0.4) is 0 Å². The summed E-state index contributed by atoms with van der Waals surface area (Å²) in [6, 6.07) is 0. The third-order valence-electron chi connectivity index (χ3n) is 2.80. The maximum Gasteiger partial charge on any atom is 0.0951 e. The number of ether oxygens (including phenoxy) is 1. The van der Waals surface area contributed by atoms with Crippen LogP contribution in [0.5, 0.6) is 0 Å². The third-order valence-corrected chi connectivity index (χ3v) is 2.80. The van der Waals surface area contributed by atoms with E-state index in [2.05, 4.69) is 23.4 Å². The minimum atomic E-state index is 0.331. The molecule has 0 unspecified atom stereocenters. The lowest BCUT2D eigenvalue weighted by molar-refractivity contribution is -0.110. The van der Waals surface area contributed by atoms with Crippen LogP contribution in [0.15, 0.2) is 6.33 Å². The molecule has 3 heteroatoms. The molecule has 0 amide bonds. The van der Waals surface area contributed by atoms with E-state index in [1.165, 1.54) is 5.69 Å². The van der Waals surface area contributed by atoms with Crippen LogP contribution in [-0.2, 0) is 11.3 Å². The molecule has 1 saturated heterocycles. The SMILES string of the molecule is Cc1ncn(CC2(C)COC2)c1C. The Labute approximate surface area is 78.7 Å². The van der Waals surface area contributed by atoms with Crippen molar-refractivity contribution in [3.05, 3.63) is 17.7 Å². The number of hydrogen-bond donors (Lipinski definition) is 0. The van der Waals surface area contributed by atoms with Crippen molar-refractivity contribution >= 4 is 0 Å². The highest BCUT2D eigenvalue weighted by molar-refractivity contribution is 5.09. The van der Waals surface area contributed by atoms with Gasteiger partial charge in [0.1, 0.15) is 0 Å². The van der Waals surface area contributed by atoms with E-state index in [1.807, 2.05) is 13.3 Å². The van der Waals surface area contributed by atoms with Gasteiger partial charge in [-0.2, -0.15) is 0 Å². The first kappa shape index (κ1) is 8.75. The molecule has 0 N–H and O–H groups in total. The molecular weight excluding hydrogens is 164 g/mol. The summed E-state index contributed by atoms with van der Waals surface area (Å²) in [6.45, 7) is 9.20. The standard InChI is InChI=1S/C10H16N2O/c1-8-9(2)12(7-11-8)4-10(3)5-13-6-10/h7H,4-6H2,1-3H3. The molecule has 13 heavy (non-hydrogen) atoms. The molecule has 0 radical (unpaired) electrons. The van der Waals surface area contributed by atoms with E-state index in [-0.39, 0.29) is 0 Å². The smallest absolute Gasteiger partial charge is 0.0951 e. The molecule has 0 aliphatic carbocycles. The van der Waals surface area contributed by atoms with E-state index in [9.17, 15) is 0 Å². The third kappa shape index (κ3) is 1.48. The van der Waals surface area contributed by atoms with Crippen molar-refractivity contribution in [2.24, 2.45) is 5.41 Å². The van der Waals surface area contributed by atoms with Crippen molar-refractivity contribution in [3.63, 3.8) is 0 Å². The first-order valence-electron chi connectivity index (χ1n) is 4.67. The zero-order chi connectivity index (χ0) is 9.47. The molecule has 1 aromatic heterocycles. The van der Waals surface area contributed by atoms with Crippen molar-refractivity contribution in [2.45, 2.75) is 27.3 Å². The molecule has 3 nitrogen and oxygen atoms in total. The second-order valence-corrected chi connectivity index (χ2v) is 4.35. The Hall–Kier alpha value is -0.830. The summed E-state index contributed by atoms with van der Waals surface area (Å²) in [7, 11) is 0. The normalized spacial score (nSPS) is 19.9. The van der Waals surface area contributed by atoms with Crippen LogP contribution < -0.4 is 0 Å². The molecule has 0 atom stereocenters. The summed E-state index contributed by atoms with van der Waals surface area (Å²) in [5.74, 6) is 0. The predicted octanol–water partition coefficient (Wildman–Crippen LogP) is 1.54. The number of hydrogen-bond acceptors (Lipinski definition) is 2. The fourth-order valence-electron chi connectivity index (χ4n) is 1.66. The molecule has 1 fully saturated rings. The van der Waals surface area contributed by atoms with Gasteiger partial charge in [0.25, 0.3) is 0 Å². The number of nitrogens with zero attached hydrogens (tertiary/aromatic N) is 2. The van der Waals surface area contributed by atoms with Gasteiger partial charge in [-0.1, -0.05) is 6.92 Å². The molecule has 0 saturated carbocycles. The van der Waals surface area contributed by atoms with Gasteiger partial charge in [-0.05, 0) is 13.8 Å². The van der Waals surface area contributed by atoms with Crippen LogP contribution in [0, 0.1) is 19.3 Å². The van der Waals surface area contributed by atoms with Crippen molar-refractivity contribution < 1.29 is 4.74 Å². The Kier molecular flexibility index (Phi) is 1.91. The summed E-state index contributed by atoms with van der Waals surface area (Å²) in [4.78, 5) is 4.28. The van der Waals surface area contributed by atoms with E-state index >= 15 is 0 Å². The molecule has 1 aliphatic rings. The number of rotatable bonds is 2. The van der Waals surface area contributed by atoms with Crippen molar-refractivity contribution in [2.75, 3.05) is 13.2 Å². The molecule has 72 valence electrons. The van der Waals surface area contributed by atoms with Crippen LogP contribution in [0.1, 0.15) is 18.3 Å². The minimum Gasteiger partial charge on any atom is -0.380 e. The first-order valence-corrected chi connectivity index (χ1v) is 4.67. The zero-order valence-electron chi connectivity index (χ0n) is 8.50. The monoisotopic (exact) mass is 180 g/mol. The maximum atomic E-state index is 5.22. The van der Waals surface area contributed by atoms with Crippen molar-refractivity contribution in [3.8, 4) is 0 Å². The summed E-state index contributed by atoms with van der Waals surface area (Å²) < 4.78 is 7.44. The lowest BCUT2D eigenvalue weighted by Gasteiger charge is -2.38. The lowest BCUT2D eigenvalue weighted by Crippen LogP contribution is -2.43. The van der Waals surface area contributed by atoms with Gasteiger partial charge in [-0.3, -0.25) is 0 Å². The Morgan fingerprint density at radius 3 is 2.62 bits per heavy atom. The van der Waals surface area contributed by atoms with Gasteiger partial charge in [0.2, 0.25) is 0 Å². The van der Waals surface area contributed by atoms with E-state index in [1.54, 1.807) is 0 Å². The van der Waals surface area contributed by atoms with Crippen LogP contribution in [0.4, 0.5) is 0 Å². The van der Waals surface area contributed by atoms with E-state index in [0.29, 0.717) is 5.41 Å². The van der Waals surface area contributed by atoms with Gasteiger partial charge in [0.05, 0.1) is 25.2 Å². The van der Waals surface area contributed by atoms with Gasteiger partial charge < -0.3 is 9.30 Å². The summed E-state index contributed by atoms with van der Waals surface area (Å²) in [6.07, 6.45) is 1.92. The highest BCUT2D eigenvalue weighted by atomic mass is 16.5. The van der Waals surface area contributed by atoms with Crippen LogP contribution >= 0.6 is 0 Å². The van der Waals surface area contributed by atoms with Crippen molar-refractivity contribution in [1.29, 1.82) is 0 Å². The van der Waals surface area contributed by atoms with E-state index < -0.39 is 0 Å². The topological polar surface area (TPSA) is 27.1 Å². The van der Waals surface area contributed by atoms with Crippen LogP contribution in [0.2, 0.25) is 0 Å². The Morgan fingerprint density at radius 1 is 1.54 bits per heavy atom. The van der Waals surface area contributed by atoms with E-state index in [4.69, 9.17) is 4.74 Å². The fraction of sp³-hybridized carbons (Fsp3) is 0.700. The molecule has 1 aromatic rings. The molecule has 0 spiro atoms. The molecule has 0 aromatic carbocycles. The Bertz CT molecular complexity index is 313. The Balaban J connectivity index is 2.13. The highest BCUT2D eigenvalue weighted by Gasteiger charge is 2.33. The average Bonchev–Trinajstić information content (AvgIpc) is 2.33. The molecule has 1 aliphatic heterocycles. The van der Waals surface area contributed by atoms with Crippen molar-refractivity contribution in [1.82, 2.24) is 9.55 Å². The molecule has 0 bridgehead atoms. The second-order valence-electron chi connectivity index (χ2n) is 4.35. The quantitative estimate of drug-likeness (QED) is 0.690. The maximum absolute atomic E-state index is 5.22. The first-order chi connectivity index (χ1) is 6.11. The van der Waals surface area contributed by atoms with Crippen LogP contribution in [-0.4, -0.2) is 22.8 Å². The van der Waals surface area contributed by atoms with Gasteiger partial charge in [-0.25, -0.2) is 4.98 Å². The van der Waals surface area contributed by atoms with E-state index in [0.717, 1.165) is 25.5 Å². The van der Waals surface area contributed by atoms with Gasteiger partial charge in [0, 0.05) is 17.7 Å². The number of aromatic nitrogens is 2. The van der Waals surface area contributed by atoms with Gasteiger partial charge in [-0.15, -0.1) is 0 Å².